The first kappa shape index (κ1) is 20.1. The zero-order chi connectivity index (χ0) is 20.1. The number of halogens is 2. The van der Waals surface area contributed by atoms with Crippen LogP contribution in [-0.4, -0.2) is 36.5 Å². The Balaban J connectivity index is 1.74. The number of nitrogens with one attached hydrogen (secondary N) is 1. The monoisotopic (exact) mass is 389 g/mol. The first-order chi connectivity index (χ1) is 13.4. The minimum Gasteiger partial charge on any atom is -0.435 e. The van der Waals surface area contributed by atoms with Crippen LogP contribution in [0.3, 0.4) is 0 Å². The number of likely N-dealkylation sites (tertiary alicyclic amines) is 1. The summed E-state index contributed by atoms with van der Waals surface area (Å²) < 4.78 is 28.9. The van der Waals surface area contributed by atoms with Crippen molar-refractivity contribution in [2.45, 2.75) is 32.4 Å². The summed E-state index contributed by atoms with van der Waals surface area (Å²) in [5.74, 6) is 0.353. The molecule has 1 amide bonds. The Hall–Kier alpha value is -2.67. The Kier molecular flexibility index (Phi) is 6.46. The Bertz CT molecular complexity index is 796. The summed E-state index contributed by atoms with van der Waals surface area (Å²) in [4.78, 5) is 15.0. The highest BCUT2D eigenvalue weighted by Crippen LogP contribution is 2.26. The third-order valence-corrected chi connectivity index (χ3v) is 5.00. The first-order valence-corrected chi connectivity index (χ1v) is 9.40. The van der Waals surface area contributed by atoms with Gasteiger partial charge in [0.25, 0.3) is 5.91 Å². The number of nitrogens with zero attached hydrogens (tertiary/aromatic N) is 1. The van der Waals surface area contributed by atoms with Gasteiger partial charge in [0.05, 0.1) is 11.3 Å². The largest absolute Gasteiger partial charge is 0.435 e. The molecule has 0 saturated carbocycles. The Labute approximate surface area is 163 Å². The van der Waals surface area contributed by atoms with Crippen molar-refractivity contribution >= 4 is 17.3 Å². The topological polar surface area (TPSA) is 67.6 Å². The summed E-state index contributed by atoms with van der Waals surface area (Å²) in [6, 6.07) is 13.5. The minimum atomic E-state index is -2.86. The summed E-state index contributed by atoms with van der Waals surface area (Å²) in [7, 11) is 0. The van der Waals surface area contributed by atoms with Gasteiger partial charge in [0, 0.05) is 24.8 Å². The van der Waals surface area contributed by atoms with Crippen LogP contribution in [0.4, 0.5) is 20.2 Å². The Morgan fingerprint density at radius 1 is 1.21 bits per heavy atom. The van der Waals surface area contributed by atoms with Gasteiger partial charge < -0.3 is 20.7 Å². The molecule has 2 aromatic carbocycles. The van der Waals surface area contributed by atoms with E-state index in [0.717, 1.165) is 19.4 Å². The van der Waals surface area contributed by atoms with E-state index in [-0.39, 0.29) is 17.7 Å². The molecule has 0 spiro atoms. The van der Waals surface area contributed by atoms with E-state index in [1.165, 1.54) is 12.1 Å². The second-order valence-corrected chi connectivity index (χ2v) is 7.09. The Morgan fingerprint density at radius 3 is 2.61 bits per heavy atom. The van der Waals surface area contributed by atoms with E-state index in [2.05, 4.69) is 10.1 Å². The number of hydrogen-bond acceptors (Lipinski definition) is 4. The summed E-state index contributed by atoms with van der Waals surface area (Å²) in [5, 5.41) is 3.19. The van der Waals surface area contributed by atoms with Gasteiger partial charge in [0.15, 0.2) is 0 Å². The van der Waals surface area contributed by atoms with Crippen LogP contribution >= 0.6 is 0 Å². The van der Waals surface area contributed by atoms with Gasteiger partial charge in [-0.25, -0.2) is 0 Å². The predicted octanol–water partition coefficient (Wildman–Crippen LogP) is 4.23. The van der Waals surface area contributed by atoms with E-state index < -0.39 is 6.61 Å². The lowest BCUT2D eigenvalue weighted by molar-refractivity contribution is -0.0498. The standard InChI is InChI=1S/C21H25F2N3O2/c1-14(24)15-5-4-12-26(13-15)20(27)18-6-2-3-7-19(18)25-16-8-10-17(11-9-16)28-21(22)23/h2-3,6-11,14-15,21,25H,4-5,12-13,24H2,1H3. The summed E-state index contributed by atoms with van der Waals surface area (Å²) in [6.45, 7) is 0.498. The molecule has 5 nitrogen and oxygen atoms in total. The first-order valence-electron chi connectivity index (χ1n) is 9.40. The molecule has 3 N–H and O–H groups in total. The number of alkyl halides is 2. The third-order valence-electron chi connectivity index (χ3n) is 5.00. The summed E-state index contributed by atoms with van der Waals surface area (Å²) in [6.07, 6.45) is 1.98. The van der Waals surface area contributed by atoms with E-state index in [1.807, 2.05) is 30.0 Å². The molecule has 2 atom stereocenters. The van der Waals surface area contributed by atoms with E-state index in [9.17, 15) is 13.6 Å². The number of para-hydroxylation sites is 1. The lowest BCUT2D eigenvalue weighted by Crippen LogP contribution is -2.45. The molecule has 1 aliphatic rings. The van der Waals surface area contributed by atoms with Gasteiger partial charge in [-0.05, 0) is 62.1 Å². The zero-order valence-electron chi connectivity index (χ0n) is 15.8. The average Bonchev–Trinajstić information content (AvgIpc) is 2.69. The fourth-order valence-electron chi connectivity index (χ4n) is 3.45. The van der Waals surface area contributed by atoms with Crippen LogP contribution in [0.2, 0.25) is 0 Å². The highest BCUT2D eigenvalue weighted by Gasteiger charge is 2.27. The van der Waals surface area contributed by atoms with Crippen LogP contribution in [0.5, 0.6) is 5.75 Å². The molecular weight excluding hydrogens is 364 g/mol. The normalized spacial score (nSPS) is 18.0. The SMILES string of the molecule is CC(N)C1CCCN(C(=O)c2ccccc2Nc2ccc(OC(F)F)cc2)C1. The lowest BCUT2D eigenvalue weighted by atomic mass is 9.91. The van der Waals surface area contributed by atoms with Crippen molar-refractivity contribution in [2.24, 2.45) is 11.7 Å². The number of anilines is 2. The molecule has 1 aliphatic heterocycles. The average molecular weight is 389 g/mol. The quantitative estimate of drug-likeness (QED) is 0.776. The van der Waals surface area contributed by atoms with Gasteiger partial charge >= 0.3 is 6.61 Å². The predicted molar refractivity (Wildman–Crippen MR) is 105 cm³/mol. The molecule has 2 unspecified atom stereocenters. The molecular formula is C21H25F2N3O2. The van der Waals surface area contributed by atoms with E-state index in [0.29, 0.717) is 29.4 Å². The molecule has 1 saturated heterocycles. The van der Waals surface area contributed by atoms with Gasteiger partial charge in [-0.1, -0.05) is 12.1 Å². The number of benzene rings is 2. The number of carbonyl (C=O) groups excluding carboxylic acids is 1. The van der Waals surface area contributed by atoms with Gasteiger partial charge in [0.2, 0.25) is 0 Å². The van der Waals surface area contributed by atoms with Crippen LogP contribution in [0, 0.1) is 5.92 Å². The Morgan fingerprint density at radius 2 is 1.93 bits per heavy atom. The number of carbonyl (C=O) groups is 1. The maximum Gasteiger partial charge on any atom is 0.387 e. The summed E-state index contributed by atoms with van der Waals surface area (Å²) >= 11 is 0. The number of rotatable bonds is 6. The van der Waals surface area contributed by atoms with Crippen molar-refractivity contribution in [3.05, 3.63) is 54.1 Å². The van der Waals surface area contributed by atoms with Crippen molar-refractivity contribution in [2.75, 3.05) is 18.4 Å². The molecule has 150 valence electrons. The molecule has 0 bridgehead atoms. The molecule has 0 aromatic heterocycles. The summed E-state index contributed by atoms with van der Waals surface area (Å²) in [5.41, 5.74) is 7.94. The van der Waals surface area contributed by atoms with Crippen LogP contribution in [-0.2, 0) is 0 Å². The van der Waals surface area contributed by atoms with Crippen LogP contribution in [0.1, 0.15) is 30.1 Å². The smallest absolute Gasteiger partial charge is 0.387 e. The minimum absolute atomic E-state index is 0.0360. The number of hydrogen-bond donors (Lipinski definition) is 2. The van der Waals surface area contributed by atoms with Crippen LogP contribution in [0.15, 0.2) is 48.5 Å². The fraction of sp³-hybridized carbons (Fsp3) is 0.381. The molecule has 0 radical (unpaired) electrons. The van der Waals surface area contributed by atoms with Crippen molar-refractivity contribution in [3.8, 4) is 5.75 Å². The van der Waals surface area contributed by atoms with Crippen molar-refractivity contribution < 1.29 is 18.3 Å². The van der Waals surface area contributed by atoms with Gasteiger partial charge in [-0.3, -0.25) is 4.79 Å². The maximum absolute atomic E-state index is 13.1. The van der Waals surface area contributed by atoms with Gasteiger partial charge in [0.1, 0.15) is 5.75 Å². The molecule has 1 heterocycles. The molecule has 1 fully saturated rings. The number of piperidine rings is 1. The highest BCUT2D eigenvalue weighted by molar-refractivity contribution is 6.00. The van der Waals surface area contributed by atoms with Crippen LogP contribution < -0.4 is 15.8 Å². The highest BCUT2D eigenvalue weighted by atomic mass is 19.3. The fourth-order valence-corrected chi connectivity index (χ4v) is 3.45. The third kappa shape index (κ3) is 4.98. The van der Waals surface area contributed by atoms with E-state index >= 15 is 0 Å². The molecule has 28 heavy (non-hydrogen) atoms. The van der Waals surface area contributed by atoms with Crippen molar-refractivity contribution in [1.82, 2.24) is 4.90 Å². The van der Waals surface area contributed by atoms with E-state index in [4.69, 9.17) is 5.73 Å². The second-order valence-electron chi connectivity index (χ2n) is 7.09. The van der Waals surface area contributed by atoms with Crippen LogP contribution in [0.25, 0.3) is 0 Å². The molecule has 0 aliphatic carbocycles. The number of nitrogens with two attached hydrogens (primary N) is 1. The zero-order valence-corrected chi connectivity index (χ0v) is 15.8. The van der Waals surface area contributed by atoms with E-state index in [1.54, 1.807) is 18.2 Å². The van der Waals surface area contributed by atoms with Gasteiger partial charge in [-0.2, -0.15) is 8.78 Å². The molecule has 3 rings (SSSR count). The maximum atomic E-state index is 13.1. The lowest BCUT2D eigenvalue weighted by Gasteiger charge is -2.35. The van der Waals surface area contributed by atoms with Crippen molar-refractivity contribution in [3.63, 3.8) is 0 Å². The molecule has 7 heteroatoms. The number of amides is 1. The number of ether oxygens (including phenoxy) is 1. The second kappa shape index (κ2) is 9.01. The molecule has 2 aromatic rings. The van der Waals surface area contributed by atoms with Gasteiger partial charge in [-0.15, -0.1) is 0 Å². The van der Waals surface area contributed by atoms with Crippen molar-refractivity contribution in [1.29, 1.82) is 0 Å².